The van der Waals surface area contributed by atoms with E-state index < -0.39 is 0 Å². The third-order valence-corrected chi connectivity index (χ3v) is 2.07. The molecule has 0 aliphatic rings. The number of hydrogen-bond donors (Lipinski definition) is 0. The summed E-state index contributed by atoms with van der Waals surface area (Å²) in [4.78, 5) is 11.0. The van der Waals surface area contributed by atoms with Gasteiger partial charge in [0.25, 0.3) is 0 Å². The van der Waals surface area contributed by atoms with Gasteiger partial charge >= 0.3 is 0 Å². The van der Waals surface area contributed by atoms with Gasteiger partial charge in [-0.2, -0.15) is 0 Å². The van der Waals surface area contributed by atoms with E-state index in [0.717, 1.165) is 12.1 Å². The zero-order valence-electron chi connectivity index (χ0n) is 8.66. The molecule has 14 heavy (non-hydrogen) atoms. The molecule has 0 aromatic carbocycles. The van der Waals surface area contributed by atoms with Crippen molar-refractivity contribution in [2.45, 2.75) is 33.2 Å². The molecule has 0 aliphatic carbocycles. The third-order valence-electron chi connectivity index (χ3n) is 2.07. The van der Waals surface area contributed by atoms with E-state index in [9.17, 15) is 4.79 Å². The molecule has 0 fully saturated rings. The maximum Gasteiger partial charge on any atom is 0.169 e. The van der Waals surface area contributed by atoms with Gasteiger partial charge < -0.3 is 17.0 Å². The van der Waals surface area contributed by atoms with Gasteiger partial charge in [0, 0.05) is 24.1 Å². The molecule has 0 radical (unpaired) electrons. The Labute approximate surface area is 95.7 Å². The van der Waals surface area contributed by atoms with Crippen molar-refractivity contribution in [3.63, 3.8) is 0 Å². The van der Waals surface area contributed by atoms with Crippen LogP contribution < -0.4 is 21.5 Å². The van der Waals surface area contributed by atoms with Gasteiger partial charge in [-0.15, -0.1) is 0 Å². The molecule has 1 aromatic heterocycles. The zero-order chi connectivity index (χ0) is 9.68. The second-order valence-electron chi connectivity index (χ2n) is 3.23. The Hall–Kier alpha value is -0.700. The van der Waals surface area contributed by atoms with Crippen molar-refractivity contribution in [1.29, 1.82) is 0 Å². The number of aryl methyl sites for hydroxylation is 1. The van der Waals surface area contributed by atoms with Crippen molar-refractivity contribution in [3.8, 4) is 0 Å². The highest BCUT2D eigenvalue weighted by molar-refractivity contribution is 5.93. The lowest BCUT2D eigenvalue weighted by molar-refractivity contribution is -0.697. The molecule has 0 saturated carbocycles. The van der Waals surface area contributed by atoms with E-state index in [4.69, 9.17) is 0 Å². The van der Waals surface area contributed by atoms with Crippen LogP contribution in [0.1, 0.15) is 37.0 Å². The van der Waals surface area contributed by atoms with Crippen molar-refractivity contribution in [2.24, 2.45) is 0 Å². The zero-order valence-corrected chi connectivity index (χ0v) is 10.3. The van der Waals surface area contributed by atoms with Gasteiger partial charge in [-0.1, -0.05) is 13.3 Å². The minimum Gasteiger partial charge on any atom is -1.00 e. The normalized spacial score (nSPS) is 9.29. The third kappa shape index (κ3) is 4.01. The van der Waals surface area contributed by atoms with Crippen LogP contribution in [0, 0.1) is 0 Å². The summed E-state index contributed by atoms with van der Waals surface area (Å²) in [6.07, 6.45) is 6.31. The Morgan fingerprint density at radius 2 is 1.93 bits per heavy atom. The Balaban J connectivity index is 0.00000169. The highest BCUT2D eigenvalue weighted by Crippen LogP contribution is 1.96. The molecule has 0 saturated heterocycles. The lowest BCUT2D eigenvalue weighted by Crippen LogP contribution is -3.00. The Bertz CT molecular complexity index is 282. The van der Waals surface area contributed by atoms with Crippen molar-refractivity contribution < 1.29 is 26.3 Å². The van der Waals surface area contributed by atoms with Crippen LogP contribution >= 0.6 is 0 Å². The summed E-state index contributed by atoms with van der Waals surface area (Å²) >= 11 is 0. The van der Waals surface area contributed by atoms with E-state index in [1.165, 1.54) is 12.8 Å². The minimum atomic E-state index is 0. The predicted octanol–water partition coefficient (Wildman–Crippen LogP) is -1.02. The molecule has 0 bridgehead atoms. The lowest BCUT2D eigenvalue weighted by Gasteiger charge is -1.95. The number of rotatable bonds is 4. The number of nitrogens with zero attached hydrogens (tertiary/aromatic N) is 1. The van der Waals surface area contributed by atoms with Crippen molar-refractivity contribution >= 4 is 5.78 Å². The fourth-order valence-electron chi connectivity index (χ4n) is 1.18. The number of Topliss-reactive ketones (excluding diaryl/α,β-unsaturated/α-hetero) is 1. The molecule has 78 valence electrons. The van der Waals surface area contributed by atoms with Gasteiger partial charge in [0.15, 0.2) is 18.2 Å². The van der Waals surface area contributed by atoms with E-state index in [1.54, 1.807) is 6.92 Å². The molecular weight excluding hydrogens is 242 g/mol. The van der Waals surface area contributed by atoms with Gasteiger partial charge in [-0.05, 0) is 6.92 Å². The first-order chi connectivity index (χ1) is 6.24. The second-order valence-corrected chi connectivity index (χ2v) is 3.23. The monoisotopic (exact) mass is 257 g/mol. The summed E-state index contributed by atoms with van der Waals surface area (Å²) < 4.78 is 2.11. The first kappa shape index (κ1) is 13.3. The molecule has 0 atom stereocenters. The van der Waals surface area contributed by atoms with E-state index in [2.05, 4.69) is 11.5 Å². The van der Waals surface area contributed by atoms with E-state index in [0.29, 0.717) is 0 Å². The molecule has 2 nitrogen and oxygen atoms in total. The summed E-state index contributed by atoms with van der Waals surface area (Å²) in [6, 6.07) is 3.75. The lowest BCUT2D eigenvalue weighted by atomic mass is 10.2. The van der Waals surface area contributed by atoms with Crippen molar-refractivity contribution in [2.75, 3.05) is 0 Å². The van der Waals surface area contributed by atoms with Crippen LogP contribution in [0.25, 0.3) is 0 Å². The van der Waals surface area contributed by atoms with Crippen LogP contribution in [0.2, 0.25) is 0 Å². The molecule has 0 N–H and O–H groups in total. The molecule has 3 heteroatoms. The number of carbonyl (C=O) groups is 1. The molecule has 0 aliphatic heterocycles. The molecule has 0 unspecified atom stereocenters. The van der Waals surface area contributed by atoms with E-state index in [1.807, 2.05) is 24.5 Å². The molecule has 0 spiro atoms. The highest BCUT2D eigenvalue weighted by atomic mass is 79.9. The maximum absolute atomic E-state index is 11.0. The van der Waals surface area contributed by atoms with Crippen LogP contribution in [-0.2, 0) is 6.54 Å². The van der Waals surface area contributed by atoms with Gasteiger partial charge in [0.2, 0.25) is 0 Å². The number of hydrogen-bond acceptors (Lipinski definition) is 1. The fraction of sp³-hybridized carbons (Fsp3) is 0.455. The van der Waals surface area contributed by atoms with Gasteiger partial charge in [0.1, 0.15) is 6.54 Å². The van der Waals surface area contributed by atoms with Gasteiger partial charge in [-0.25, -0.2) is 4.57 Å². The topological polar surface area (TPSA) is 20.9 Å². The van der Waals surface area contributed by atoms with Crippen LogP contribution in [0.15, 0.2) is 24.5 Å². The number of unbranched alkanes of at least 4 members (excludes halogenated alkanes) is 1. The minimum absolute atomic E-state index is 0. The van der Waals surface area contributed by atoms with E-state index in [-0.39, 0.29) is 22.8 Å². The Kier molecular flexibility index (Phi) is 6.37. The SMILES string of the molecule is CCCC[n+]1ccc(C(C)=O)cc1.[Br-]. The number of carbonyl (C=O) groups excluding carboxylic acids is 1. The number of aromatic nitrogens is 1. The fourth-order valence-corrected chi connectivity index (χ4v) is 1.18. The number of ketones is 1. The Morgan fingerprint density at radius 3 is 2.36 bits per heavy atom. The average molecular weight is 258 g/mol. The van der Waals surface area contributed by atoms with Crippen LogP contribution in [0.4, 0.5) is 0 Å². The maximum atomic E-state index is 11.0. The first-order valence-corrected chi connectivity index (χ1v) is 4.74. The molecule has 1 rings (SSSR count). The van der Waals surface area contributed by atoms with Crippen LogP contribution in [0.5, 0.6) is 0 Å². The summed E-state index contributed by atoms with van der Waals surface area (Å²) in [7, 11) is 0. The standard InChI is InChI=1S/C11H16NO.BrH/c1-3-4-7-12-8-5-11(6-9-12)10(2)13;/h5-6,8-9H,3-4,7H2,1-2H3;1H/q+1;/p-1. The van der Waals surface area contributed by atoms with Crippen LogP contribution in [-0.4, -0.2) is 5.78 Å². The van der Waals surface area contributed by atoms with Gasteiger partial charge in [-0.3, -0.25) is 4.79 Å². The van der Waals surface area contributed by atoms with E-state index >= 15 is 0 Å². The predicted molar refractivity (Wildman–Crippen MR) is 51.5 cm³/mol. The summed E-state index contributed by atoms with van der Waals surface area (Å²) in [5, 5.41) is 0. The number of pyridine rings is 1. The molecule has 1 aromatic rings. The number of halogens is 1. The summed E-state index contributed by atoms with van der Waals surface area (Å²) in [5.41, 5.74) is 0.785. The molecule has 0 amide bonds. The van der Waals surface area contributed by atoms with Crippen molar-refractivity contribution in [1.82, 2.24) is 0 Å². The van der Waals surface area contributed by atoms with Crippen LogP contribution in [0.3, 0.4) is 0 Å². The first-order valence-electron chi connectivity index (χ1n) is 4.74. The summed E-state index contributed by atoms with van der Waals surface area (Å²) in [6.45, 7) is 4.80. The van der Waals surface area contributed by atoms with Gasteiger partial charge in [0.05, 0.1) is 0 Å². The molecule has 1 heterocycles. The Morgan fingerprint density at radius 1 is 1.36 bits per heavy atom. The molecular formula is C11H16BrNO. The largest absolute Gasteiger partial charge is 1.00 e. The second kappa shape index (κ2) is 6.71. The van der Waals surface area contributed by atoms with Crippen molar-refractivity contribution in [3.05, 3.63) is 30.1 Å². The average Bonchev–Trinajstić information content (AvgIpc) is 2.15. The quantitative estimate of drug-likeness (QED) is 0.500. The summed E-state index contributed by atoms with van der Waals surface area (Å²) in [5.74, 6) is 0.127. The highest BCUT2D eigenvalue weighted by Gasteiger charge is 2.02. The smallest absolute Gasteiger partial charge is 0.169 e.